The molecule has 0 unspecified atom stereocenters. The third-order valence-corrected chi connectivity index (χ3v) is 4.09. The molecule has 2 heterocycles. The minimum atomic E-state index is -0.712. The molecule has 0 aliphatic heterocycles. The second-order valence-electron chi connectivity index (χ2n) is 5.89. The smallest absolute Gasteiger partial charge is 0.256 e. The lowest BCUT2D eigenvalue weighted by atomic mass is 10.0. The first-order valence-electron chi connectivity index (χ1n) is 8.18. The van der Waals surface area contributed by atoms with Crippen LogP contribution in [0.15, 0.2) is 73.1 Å². The zero-order valence-electron chi connectivity index (χ0n) is 14.0. The molecule has 0 fully saturated rings. The summed E-state index contributed by atoms with van der Waals surface area (Å²) in [5.41, 5.74) is 2.01. The van der Waals surface area contributed by atoms with E-state index in [0.717, 1.165) is 23.8 Å². The van der Waals surface area contributed by atoms with E-state index in [4.69, 9.17) is 0 Å². The summed E-state index contributed by atoms with van der Waals surface area (Å²) in [6.45, 7) is 0. The van der Waals surface area contributed by atoms with Gasteiger partial charge in [-0.1, -0.05) is 18.2 Å². The van der Waals surface area contributed by atoms with Gasteiger partial charge in [0.1, 0.15) is 11.6 Å². The first-order chi connectivity index (χ1) is 13.1. The summed E-state index contributed by atoms with van der Waals surface area (Å²) in [4.78, 5) is 21.5. The Bertz CT molecular complexity index is 1150. The number of hydrogen-bond donors (Lipinski definition) is 1. The Morgan fingerprint density at radius 2 is 1.81 bits per heavy atom. The maximum atomic E-state index is 13.9. The van der Waals surface area contributed by atoms with Gasteiger partial charge in [0.15, 0.2) is 0 Å². The second kappa shape index (κ2) is 6.92. The van der Waals surface area contributed by atoms with Crippen LogP contribution in [0, 0.1) is 11.6 Å². The fraction of sp³-hybridized carbons (Fsp3) is 0. The number of rotatable bonds is 3. The van der Waals surface area contributed by atoms with E-state index in [1.165, 1.54) is 0 Å². The van der Waals surface area contributed by atoms with Crippen molar-refractivity contribution in [3.8, 4) is 11.3 Å². The molecule has 27 heavy (non-hydrogen) atoms. The number of aromatic nitrogens is 2. The van der Waals surface area contributed by atoms with Crippen LogP contribution in [-0.2, 0) is 0 Å². The van der Waals surface area contributed by atoms with E-state index >= 15 is 0 Å². The molecule has 4 rings (SSSR count). The van der Waals surface area contributed by atoms with Crippen LogP contribution in [0.1, 0.15) is 10.4 Å². The van der Waals surface area contributed by atoms with Crippen LogP contribution in [0.3, 0.4) is 0 Å². The van der Waals surface area contributed by atoms with Crippen LogP contribution < -0.4 is 5.32 Å². The van der Waals surface area contributed by atoms with Gasteiger partial charge in [0.05, 0.1) is 22.5 Å². The zero-order valence-corrected chi connectivity index (χ0v) is 14.0. The fourth-order valence-electron chi connectivity index (χ4n) is 2.81. The van der Waals surface area contributed by atoms with Gasteiger partial charge in [0.25, 0.3) is 5.91 Å². The molecule has 2 aromatic carbocycles. The Balaban J connectivity index is 1.82. The molecule has 0 saturated heterocycles. The van der Waals surface area contributed by atoms with Gasteiger partial charge in [-0.15, -0.1) is 0 Å². The summed E-state index contributed by atoms with van der Waals surface area (Å²) in [6.07, 6.45) is 3.29. The number of pyridine rings is 2. The monoisotopic (exact) mass is 361 g/mol. The lowest BCUT2D eigenvalue weighted by Crippen LogP contribution is -2.14. The summed E-state index contributed by atoms with van der Waals surface area (Å²) in [5.74, 6) is -1.90. The van der Waals surface area contributed by atoms with Crippen molar-refractivity contribution in [2.75, 3.05) is 5.32 Å². The van der Waals surface area contributed by atoms with Gasteiger partial charge >= 0.3 is 0 Å². The fourth-order valence-corrected chi connectivity index (χ4v) is 2.81. The van der Waals surface area contributed by atoms with E-state index in [1.807, 2.05) is 12.1 Å². The maximum Gasteiger partial charge on any atom is 0.256 e. The Morgan fingerprint density at radius 3 is 2.63 bits per heavy atom. The van der Waals surface area contributed by atoms with Crippen molar-refractivity contribution in [3.05, 3.63) is 90.3 Å². The van der Waals surface area contributed by atoms with E-state index in [0.29, 0.717) is 22.2 Å². The van der Waals surface area contributed by atoms with Gasteiger partial charge in [0.2, 0.25) is 0 Å². The maximum absolute atomic E-state index is 13.9. The largest absolute Gasteiger partial charge is 0.319 e. The first-order valence-corrected chi connectivity index (χ1v) is 8.18. The molecule has 0 aliphatic carbocycles. The molecule has 0 radical (unpaired) electrons. The van der Waals surface area contributed by atoms with Gasteiger partial charge < -0.3 is 5.32 Å². The van der Waals surface area contributed by atoms with Crippen LogP contribution in [0.5, 0.6) is 0 Å². The molecule has 1 N–H and O–H groups in total. The topological polar surface area (TPSA) is 54.9 Å². The first kappa shape index (κ1) is 16.8. The Kier molecular flexibility index (Phi) is 4.30. The van der Waals surface area contributed by atoms with E-state index in [9.17, 15) is 13.6 Å². The Hall–Kier alpha value is -3.67. The molecule has 1 amide bonds. The highest BCUT2D eigenvalue weighted by Crippen LogP contribution is 2.25. The second-order valence-corrected chi connectivity index (χ2v) is 5.89. The zero-order chi connectivity index (χ0) is 18.8. The van der Waals surface area contributed by atoms with E-state index in [1.54, 1.807) is 42.7 Å². The molecule has 0 bridgehead atoms. The van der Waals surface area contributed by atoms with E-state index in [2.05, 4.69) is 15.3 Å². The van der Waals surface area contributed by atoms with Gasteiger partial charge in [-0.2, -0.15) is 0 Å². The van der Waals surface area contributed by atoms with Crippen molar-refractivity contribution in [1.82, 2.24) is 9.97 Å². The van der Waals surface area contributed by atoms with Crippen molar-refractivity contribution < 1.29 is 13.6 Å². The SMILES string of the molecule is O=C(Nc1cc(F)ccc1F)c1cc(-c2cccnc2)nc2ccccc12. The normalized spacial score (nSPS) is 10.7. The molecule has 4 nitrogen and oxygen atoms in total. The number of amides is 1. The molecule has 0 spiro atoms. The van der Waals surface area contributed by atoms with Crippen molar-refractivity contribution >= 4 is 22.5 Å². The van der Waals surface area contributed by atoms with Crippen LogP contribution in [0.25, 0.3) is 22.2 Å². The van der Waals surface area contributed by atoms with Crippen molar-refractivity contribution in [2.45, 2.75) is 0 Å². The van der Waals surface area contributed by atoms with Gasteiger partial charge in [0, 0.05) is 29.4 Å². The molecular formula is C21H13F2N3O. The number of hydrogen-bond acceptors (Lipinski definition) is 3. The number of fused-ring (bicyclic) bond motifs is 1. The van der Waals surface area contributed by atoms with Gasteiger partial charge in [-0.25, -0.2) is 13.8 Å². The Morgan fingerprint density at radius 1 is 0.963 bits per heavy atom. The van der Waals surface area contributed by atoms with Gasteiger partial charge in [-0.05, 0) is 36.4 Å². The molecule has 2 aromatic heterocycles. The summed E-state index contributed by atoms with van der Waals surface area (Å²) in [6, 6.07) is 15.3. The summed E-state index contributed by atoms with van der Waals surface area (Å²) < 4.78 is 27.3. The molecule has 0 saturated carbocycles. The van der Waals surface area contributed by atoms with E-state index in [-0.39, 0.29) is 5.69 Å². The minimum Gasteiger partial charge on any atom is -0.319 e. The van der Waals surface area contributed by atoms with Crippen LogP contribution in [0.2, 0.25) is 0 Å². The summed E-state index contributed by atoms with van der Waals surface area (Å²) in [7, 11) is 0. The molecule has 4 aromatic rings. The molecule has 0 aliphatic rings. The quantitative estimate of drug-likeness (QED) is 0.569. The standard InChI is InChI=1S/C21H13F2N3O/c22-14-7-8-17(23)20(10-14)26-21(27)16-11-19(13-4-3-9-24-12-13)25-18-6-2-1-5-15(16)18/h1-12H,(H,26,27). The van der Waals surface area contributed by atoms with Crippen LogP contribution in [0.4, 0.5) is 14.5 Å². The highest BCUT2D eigenvalue weighted by atomic mass is 19.1. The number of anilines is 1. The number of nitrogens with zero attached hydrogens (tertiary/aromatic N) is 2. The number of nitrogens with one attached hydrogen (secondary N) is 1. The highest BCUT2D eigenvalue weighted by Gasteiger charge is 2.16. The van der Waals surface area contributed by atoms with Crippen molar-refractivity contribution in [2.24, 2.45) is 0 Å². The van der Waals surface area contributed by atoms with Crippen molar-refractivity contribution in [3.63, 3.8) is 0 Å². The van der Waals surface area contributed by atoms with Crippen molar-refractivity contribution in [1.29, 1.82) is 0 Å². The van der Waals surface area contributed by atoms with Gasteiger partial charge in [-0.3, -0.25) is 9.78 Å². The Labute approximate surface area is 153 Å². The number of benzene rings is 2. The average Bonchev–Trinajstić information content (AvgIpc) is 2.70. The third kappa shape index (κ3) is 3.37. The number of halogens is 2. The molecule has 132 valence electrons. The molecule has 0 atom stereocenters. The lowest BCUT2D eigenvalue weighted by molar-refractivity contribution is 0.102. The van der Waals surface area contributed by atoms with Crippen LogP contribution >= 0.6 is 0 Å². The number of carbonyl (C=O) groups excluding carboxylic acids is 1. The number of carbonyl (C=O) groups is 1. The van der Waals surface area contributed by atoms with E-state index < -0.39 is 17.5 Å². The van der Waals surface area contributed by atoms with Crippen LogP contribution in [-0.4, -0.2) is 15.9 Å². The molecule has 6 heteroatoms. The summed E-state index contributed by atoms with van der Waals surface area (Å²) >= 11 is 0. The predicted octanol–water partition coefficient (Wildman–Crippen LogP) is 4.83. The number of para-hydroxylation sites is 1. The molecular weight excluding hydrogens is 348 g/mol. The minimum absolute atomic E-state index is 0.219. The third-order valence-electron chi connectivity index (χ3n) is 4.09. The summed E-state index contributed by atoms with van der Waals surface area (Å²) in [5, 5.41) is 3.05. The predicted molar refractivity (Wildman–Crippen MR) is 99.3 cm³/mol. The average molecular weight is 361 g/mol. The lowest BCUT2D eigenvalue weighted by Gasteiger charge is -2.11. The highest BCUT2D eigenvalue weighted by molar-refractivity contribution is 6.13.